The standard InChI is InChI=1S/C20H17N5O3/c1-12-8-10-14(11-9-12)18(26)15-16(19(27)28-2)21-20-22-23-24-25(20)17(15)13-6-4-3-5-7-13/h3-11,17H,1-2H3,(H,21,22,24)/t17-/m1/s1. The Labute approximate surface area is 160 Å². The number of nitrogens with zero attached hydrogens (tertiary/aromatic N) is 4. The molecule has 0 radical (unpaired) electrons. The van der Waals surface area contributed by atoms with Gasteiger partial charge in [-0.15, -0.1) is 0 Å². The second-order valence-electron chi connectivity index (χ2n) is 6.36. The van der Waals surface area contributed by atoms with Crippen LogP contribution in [0.2, 0.25) is 0 Å². The predicted octanol–water partition coefficient (Wildman–Crippen LogP) is 2.31. The van der Waals surface area contributed by atoms with E-state index in [1.807, 2.05) is 49.4 Å². The molecule has 140 valence electrons. The van der Waals surface area contributed by atoms with Gasteiger partial charge in [0.1, 0.15) is 11.7 Å². The Balaban J connectivity index is 1.94. The van der Waals surface area contributed by atoms with Gasteiger partial charge in [0, 0.05) is 5.56 Å². The molecule has 3 aromatic rings. The highest BCUT2D eigenvalue weighted by Crippen LogP contribution is 2.36. The minimum absolute atomic E-state index is 0.0317. The number of allylic oxidation sites excluding steroid dienone is 1. The van der Waals surface area contributed by atoms with E-state index < -0.39 is 12.0 Å². The first-order chi connectivity index (χ1) is 13.6. The summed E-state index contributed by atoms with van der Waals surface area (Å²) in [6.45, 7) is 1.94. The zero-order valence-electron chi connectivity index (χ0n) is 15.3. The van der Waals surface area contributed by atoms with Crippen molar-refractivity contribution in [1.29, 1.82) is 0 Å². The van der Waals surface area contributed by atoms with Crippen LogP contribution in [0.15, 0.2) is 65.9 Å². The quantitative estimate of drug-likeness (QED) is 0.552. The number of carbonyl (C=O) groups is 2. The van der Waals surface area contributed by atoms with Gasteiger partial charge < -0.3 is 10.1 Å². The van der Waals surface area contributed by atoms with Gasteiger partial charge in [0.05, 0.1) is 12.7 Å². The van der Waals surface area contributed by atoms with Crippen molar-refractivity contribution < 1.29 is 14.3 Å². The largest absolute Gasteiger partial charge is 0.464 e. The van der Waals surface area contributed by atoms with Crippen LogP contribution in [0.3, 0.4) is 0 Å². The lowest BCUT2D eigenvalue weighted by molar-refractivity contribution is -0.136. The van der Waals surface area contributed by atoms with Gasteiger partial charge in [-0.2, -0.15) is 4.68 Å². The van der Waals surface area contributed by atoms with Gasteiger partial charge in [-0.25, -0.2) is 4.79 Å². The number of carbonyl (C=O) groups excluding carboxylic acids is 2. The Bertz CT molecular complexity index is 1070. The summed E-state index contributed by atoms with van der Waals surface area (Å²) in [5.41, 5.74) is 2.52. The molecule has 1 aromatic heterocycles. The number of hydrogen-bond acceptors (Lipinski definition) is 7. The number of nitrogens with one attached hydrogen (secondary N) is 1. The molecule has 1 N–H and O–H groups in total. The van der Waals surface area contributed by atoms with Crippen molar-refractivity contribution in [3.8, 4) is 0 Å². The first kappa shape index (κ1) is 17.6. The van der Waals surface area contributed by atoms with Gasteiger partial charge in [0.15, 0.2) is 5.78 Å². The molecule has 0 saturated heterocycles. The summed E-state index contributed by atoms with van der Waals surface area (Å²) >= 11 is 0. The van der Waals surface area contributed by atoms with E-state index in [-0.39, 0.29) is 23.0 Å². The van der Waals surface area contributed by atoms with Crippen molar-refractivity contribution in [2.45, 2.75) is 13.0 Å². The molecule has 0 amide bonds. The minimum atomic E-state index is -0.671. The lowest BCUT2D eigenvalue weighted by atomic mass is 9.89. The molecule has 8 nitrogen and oxygen atoms in total. The summed E-state index contributed by atoms with van der Waals surface area (Å²) in [6.07, 6.45) is 0. The van der Waals surface area contributed by atoms with Crippen LogP contribution in [-0.2, 0) is 9.53 Å². The Kier molecular flexibility index (Phi) is 4.44. The number of benzene rings is 2. The van der Waals surface area contributed by atoms with E-state index in [2.05, 4.69) is 20.8 Å². The highest BCUT2D eigenvalue weighted by atomic mass is 16.5. The Morgan fingerprint density at radius 3 is 2.46 bits per heavy atom. The first-order valence-electron chi connectivity index (χ1n) is 8.64. The van der Waals surface area contributed by atoms with Gasteiger partial charge in [-0.3, -0.25) is 4.79 Å². The molecule has 28 heavy (non-hydrogen) atoms. The summed E-state index contributed by atoms with van der Waals surface area (Å²) in [5, 5.41) is 14.5. The number of ketones is 1. The molecule has 1 atom stereocenters. The molecular weight excluding hydrogens is 358 g/mol. The van der Waals surface area contributed by atoms with Crippen molar-refractivity contribution in [2.75, 3.05) is 12.4 Å². The van der Waals surface area contributed by atoms with Crippen molar-refractivity contribution >= 4 is 17.7 Å². The number of Topliss-reactive ketones (excluding diaryl/α,β-unsaturated/α-hetero) is 1. The number of fused-ring (bicyclic) bond motifs is 1. The number of tetrazole rings is 1. The van der Waals surface area contributed by atoms with Gasteiger partial charge in [0.25, 0.3) is 0 Å². The SMILES string of the molecule is COC(=O)C1=C(C(=O)c2ccc(C)cc2)[C@@H](c2ccccc2)n2nnnc2N1. The maximum absolute atomic E-state index is 13.5. The number of anilines is 1. The van der Waals surface area contributed by atoms with E-state index in [1.165, 1.54) is 11.8 Å². The second-order valence-corrected chi connectivity index (χ2v) is 6.36. The summed E-state index contributed by atoms with van der Waals surface area (Å²) in [6, 6.07) is 15.8. The van der Waals surface area contributed by atoms with Crippen LogP contribution in [0.4, 0.5) is 5.95 Å². The third-order valence-electron chi connectivity index (χ3n) is 4.58. The van der Waals surface area contributed by atoms with E-state index in [1.54, 1.807) is 12.1 Å². The maximum atomic E-state index is 13.5. The molecule has 2 aromatic carbocycles. The Hall–Kier alpha value is -3.81. The Morgan fingerprint density at radius 2 is 1.79 bits per heavy atom. The molecule has 8 heteroatoms. The van der Waals surface area contributed by atoms with Gasteiger partial charge in [-0.1, -0.05) is 65.3 Å². The molecule has 0 fully saturated rings. The highest BCUT2D eigenvalue weighted by Gasteiger charge is 2.38. The summed E-state index contributed by atoms with van der Waals surface area (Å²) in [4.78, 5) is 26.0. The van der Waals surface area contributed by atoms with Crippen LogP contribution < -0.4 is 5.32 Å². The minimum Gasteiger partial charge on any atom is -0.464 e. The van der Waals surface area contributed by atoms with Crippen LogP contribution in [-0.4, -0.2) is 39.1 Å². The van der Waals surface area contributed by atoms with Crippen molar-refractivity contribution in [3.05, 3.63) is 82.6 Å². The molecule has 0 unspecified atom stereocenters. The maximum Gasteiger partial charge on any atom is 0.355 e. The lowest BCUT2D eigenvalue weighted by Gasteiger charge is -2.28. The van der Waals surface area contributed by atoms with E-state index >= 15 is 0 Å². The topological polar surface area (TPSA) is 99.0 Å². The summed E-state index contributed by atoms with van der Waals surface area (Å²) < 4.78 is 6.40. The fourth-order valence-electron chi connectivity index (χ4n) is 3.19. The number of esters is 1. The molecule has 0 spiro atoms. The van der Waals surface area contributed by atoms with Gasteiger partial charge in [-0.05, 0) is 22.9 Å². The molecular formula is C20H17N5O3. The van der Waals surface area contributed by atoms with E-state index in [4.69, 9.17) is 4.74 Å². The molecule has 0 aliphatic carbocycles. The fourth-order valence-corrected chi connectivity index (χ4v) is 3.19. The highest BCUT2D eigenvalue weighted by molar-refractivity contribution is 6.14. The number of hydrogen-bond donors (Lipinski definition) is 1. The van der Waals surface area contributed by atoms with Crippen molar-refractivity contribution in [1.82, 2.24) is 20.2 Å². The van der Waals surface area contributed by atoms with Crippen LogP contribution in [0, 0.1) is 6.92 Å². The number of aromatic nitrogens is 4. The van der Waals surface area contributed by atoms with E-state index in [0.29, 0.717) is 5.56 Å². The smallest absolute Gasteiger partial charge is 0.355 e. The monoisotopic (exact) mass is 375 g/mol. The second kappa shape index (κ2) is 7.07. The Morgan fingerprint density at radius 1 is 1.07 bits per heavy atom. The van der Waals surface area contributed by atoms with Gasteiger partial charge >= 0.3 is 5.97 Å². The van der Waals surface area contributed by atoms with Crippen molar-refractivity contribution in [3.63, 3.8) is 0 Å². The summed E-state index contributed by atoms with van der Waals surface area (Å²) in [7, 11) is 1.26. The molecule has 2 heterocycles. The van der Waals surface area contributed by atoms with E-state index in [0.717, 1.165) is 11.1 Å². The van der Waals surface area contributed by atoms with Crippen LogP contribution in [0.25, 0.3) is 0 Å². The third-order valence-corrected chi connectivity index (χ3v) is 4.58. The third kappa shape index (κ3) is 2.94. The van der Waals surface area contributed by atoms with Crippen LogP contribution in [0.5, 0.6) is 0 Å². The molecule has 0 bridgehead atoms. The number of rotatable bonds is 4. The number of methoxy groups -OCH3 is 1. The lowest BCUT2D eigenvalue weighted by Crippen LogP contribution is -2.32. The zero-order valence-corrected chi connectivity index (χ0v) is 15.3. The average molecular weight is 375 g/mol. The predicted molar refractivity (Wildman–Crippen MR) is 101 cm³/mol. The fraction of sp³-hybridized carbons (Fsp3) is 0.150. The summed E-state index contributed by atoms with van der Waals surface area (Å²) in [5.74, 6) is -0.705. The van der Waals surface area contributed by atoms with Crippen LogP contribution >= 0.6 is 0 Å². The molecule has 4 rings (SSSR count). The molecule has 1 aliphatic rings. The molecule has 0 saturated carbocycles. The molecule has 1 aliphatic heterocycles. The average Bonchev–Trinajstić information content (AvgIpc) is 3.21. The number of ether oxygens (including phenoxy) is 1. The normalized spacial score (nSPS) is 15.6. The van der Waals surface area contributed by atoms with Gasteiger partial charge in [0.2, 0.25) is 5.95 Å². The number of aryl methyl sites for hydroxylation is 1. The van der Waals surface area contributed by atoms with Crippen LogP contribution in [0.1, 0.15) is 27.5 Å². The van der Waals surface area contributed by atoms with E-state index in [9.17, 15) is 9.59 Å². The first-order valence-corrected chi connectivity index (χ1v) is 8.64. The van der Waals surface area contributed by atoms with Crippen molar-refractivity contribution in [2.24, 2.45) is 0 Å². The zero-order chi connectivity index (χ0) is 19.7.